The molecule has 7 heteroatoms. The van der Waals surface area contributed by atoms with E-state index in [-0.39, 0.29) is 11.6 Å². The highest BCUT2D eigenvalue weighted by atomic mass is 16.1. The molecule has 17 heavy (non-hydrogen) atoms. The number of nitrogens with one attached hydrogen (secondary N) is 1. The minimum absolute atomic E-state index is 0.144. The van der Waals surface area contributed by atoms with E-state index in [4.69, 9.17) is 5.73 Å². The molecule has 1 saturated heterocycles. The molecule has 0 aliphatic carbocycles. The van der Waals surface area contributed by atoms with E-state index >= 15 is 0 Å². The summed E-state index contributed by atoms with van der Waals surface area (Å²) >= 11 is 0. The molecule has 0 bridgehead atoms. The summed E-state index contributed by atoms with van der Waals surface area (Å²) in [6, 6.07) is 1.65. The van der Waals surface area contributed by atoms with Gasteiger partial charge in [-0.15, -0.1) is 0 Å². The molecule has 3 rings (SSSR count). The summed E-state index contributed by atoms with van der Waals surface area (Å²) in [6.45, 7) is 3.39. The first kappa shape index (κ1) is 10.3. The van der Waals surface area contributed by atoms with Crippen molar-refractivity contribution in [3.05, 3.63) is 22.1 Å². The highest BCUT2D eigenvalue weighted by molar-refractivity contribution is 5.40. The Balaban J connectivity index is 2.08. The number of nitrogens with zero attached hydrogens (tertiary/aromatic N) is 4. The molecule has 0 radical (unpaired) electrons. The van der Waals surface area contributed by atoms with Gasteiger partial charge in [-0.25, -0.2) is 4.98 Å². The fourth-order valence-electron chi connectivity index (χ4n) is 2.10. The maximum Gasteiger partial charge on any atom is 0.274 e. The number of H-pyrrole nitrogens is 1. The van der Waals surface area contributed by atoms with Crippen molar-refractivity contribution in [1.82, 2.24) is 19.6 Å². The average molecular weight is 234 g/mol. The second-order valence-corrected chi connectivity index (χ2v) is 4.41. The van der Waals surface area contributed by atoms with Crippen LogP contribution < -0.4 is 16.2 Å². The van der Waals surface area contributed by atoms with Crippen molar-refractivity contribution in [2.45, 2.75) is 19.4 Å². The lowest BCUT2D eigenvalue weighted by Gasteiger charge is -2.12. The summed E-state index contributed by atoms with van der Waals surface area (Å²) in [6.07, 6.45) is 0.943. The Hall–Kier alpha value is -1.89. The van der Waals surface area contributed by atoms with E-state index in [2.05, 4.69) is 15.1 Å². The number of rotatable bonds is 1. The van der Waals surface area contributed by atoms with Gasteiger partial charge in [-0.3, -0.25) is 9.89 Å². The van der Waals surface area contributed by atoms with E-state index in [0.29, 0.717) is 17.4 Å². The molecule has 2 aromatic rings. The van der Waals surface area contributed by atoms with Crippen molar-refractivity contribution in [3.8, 4) is 0 Å². The maximum absolute atomic E-state index is 11.7. The number of aromatic nitrogens is 4. The zero-order valence-corrected chi connectivity index (χ0v) is 9.55. The van der Waals surface area contributed by atoms with Crippen LogP contribution in [0.2, 0.25) is 0 Å². The standard InChI is InChI=1S/C10H14N6O/c1-6-4-8(17)16-9(12-6)13-10(14-16)15-3-2-7(11)5-15/h4,7H,2-3,5,11H2,1H3,(H,12,13,14)/t7-/m0/s1. The predicted molar refractivity (Wildman–Crippen MR) is 63.2 cm³/mol. The summed E-state index contributed by atoms with van der Waals surface area (Å²) < 4.78 is 1.35. The van der Waals surface area contributed by atoms with Crippen molar-refractivity contribution in [1.29, 1.82) is 0 Å². The SMILES string of the molecule is Cc1cc(=O)n2[nH]c(N3CC[C@H](N)C3)nc2n1. The first-order chi connectivity index (χ1) is 8.13. The van der Waals surface area contributed by atoms with Gasteiger partial charge >= 0.3 is 0 Å². The van der Waals surface area contributed by atoms with Crippen molar-refractivity contribution >= 4 is 11.7 Å². The van der Waals surface area contributed by atoms with E-state index in [1.807, 2.05) is 4.90 Å². The van der Waals surface area contributed by atoms with Crippen molar-refractivity contribution in [2.75, 3.05) is 18.0 Å². The molecule has 2 aromatic heterocycles. The summed E-state index contributed by atoms with van der Waals surface area (Å²) in [5.74, 6) is 1.07. The van der Waals surface area contributed by atoms with E-state index in [9.17, 15) is 4.79 Å². The average Bonchev–Trinajstić information content (AvgIpc) is 2.83. The number of aryl methyl sites for hydroxylation is 1. The molecule has 7 nitrogen and oxygen atoms in total. The normalized spacial score (nSPS) is 20.4. The van der Waals surface area contributed by atoms with Gasteiger partial charge in [0.2, 0.25) is 5.95 Å². The number of aromatic amines is 1. The fraction of sp³-hybridized carbons (Fsp3) is 0.500. The molecule has 3 N–H and O–H groups in total. The van der Waals surface area contributed by atoms with Gasteiger partial charge < -0.3 is 10.6 Å². The van der Waals surface area contributed by atoms with Crippen molar-refractivity contribution < 1.29 is 0 Å². The van der Waals surface area contributed by atoms with Crippen LogP contribution in [-0.4, -0.2) is 38.7 Å². The van der Waals surface area contributed by atoms with Gasteiger partial charge in [0.25, 0.3) is 11.3 Å². The van der Waals surface area contributed by atoms with Crippen molar-refractivity contribution in [2.24, 2.45) is 5.73 Å². The third-order valence-electron chi connectivity index (χ3n) is 2.97. The Bertz CT molecular complexity index is 615. The van der Waals surface area contributed by atoms with Crippen LogP contribution in [-0.2, 0) is 0 Å². The lowest BCUT2D eigenvalue weighted by atomic mass is 10.3. The molecule has 1 atom stereocenters. The largest absolute Gasteiger partial charge is 0.340 e. The molecule has 0 aromatic carbocycles. The summed E-state index contributed by atoms with van der Waals surface area (Å²) in [7, 11) is 0. The first-order valence-electron chi connectivity index (χ1n) is 5.60. The Morgan fingerprint density at radius 2 is 2.35 bits per heavy atom. The van der Waals surface area contributed by atoms with Gasteiger partial charge in [-0.2, -0.15) is 9.50 Å². The van der Waals surface area contributed by atoms with Crippen LogP contribution in [0.1, 0.15) is 12.1 Å². The quantitative estimate of drug-likeness (QED) is 0.678. The van der Waals surface area contributed by atoms with Crippen LogP contribution in [0, 0.1) is 6.92 Å². The Morgan fingerprint density at radius 3 is 3.06 bits per heavy atom. The van der Waals surface area contributed by atoms with E-state index < -0.39 is 0 Å². The minimum Gasteiger partial charge on any atom is -0.340 e. The number of hydrogen-bond donors (Lipinski definition) is 2. The van der Waals surface area contributed by atoms with Crippen molar-refractivity contribution in [3.63, 3.8) is 0 Å². The maximum atomic E-state index is 11.7. The van der Waals surface area contributed by atoms with E-state index in [1.165, 1.54) is 10.6 Å². The van der Waals surface area contributed by atoms with E-state index in [1.54, 1.807) is 6.92 Å². The molecular formula is C10H14N6O. The van der Waals surface area contributed by atoms with Crippen LogP contribution in [0.4, 0.5) is 5.95 Å². The number of anilines is 1. The highest BCUT2D eigenvalue weighted by Crippen LogP contribution is 2.15. The van der Waals surface area contributed by atoms with Crippen LogP contribution in [0.3, 0.4) is 0 Å². The first-order valence-corrected chi connectivity index (χ1v) is 5.60. The van der Waals surface area contributed by atoms with Gasteiger partial charge in [-0.05, 0) is 13.3 Å². The molecule has 0 spiro atoms. The molecule has 0 saturated carbocycles. The van der Waals surface area contributed by atoms with Crippen LogP contribution in [0.25, 0.3) is 5.78 Å². The van der Waals surface area contributed by atoms with Crippen LogP contribution in [0.5, 0.6) is 0 Å². The highest BCUT2D eigenvalue weighted by Gasteiger charge is 2.22. The molecule has 1 aliphatic rings. The van der Waals surface area contributed by atoms with Gasteiger partial charge in [0.15, 0.2) is 0 Å². The molecule has 90 valence electrons. The number of fused-ring (bicyclic) bond motifs is 1. The van der Waals surface area contributed by atoms with Gasteiger partial charge in [-0.1, -0.05) is 0 Å². The summed E-state index contributed by atoms with van der Waals surface area (Å²) in [5, 5.41) is 2.95. The monoisotopic (exact) mass is 234 g/mol. The topological polar surface area (TPSA) is 92.3 Å². The lowest BCUT2D eigenvalue weighted by molar-refractivity contribution is 0.749. The van der Waals surface area contributed by atoms with E-state index in [0.717, 1.165) is 19.5 Å². The zero-order valence-electron chi connectivity index (χ0n) is 9.55. The van der Waals surface area contributed by atoms with Crippen LogP contribution in [0.15, 0.2) is 10.9 Å². The molecule has 1 fully saturated rings. The molecule has 3 heterocycles. The van der Waals surface area contributed by atoms with Crippen LogP contribution >= 0.6 is 0 Å². The predicted octanol–water partition coefficient (Wildman–Crippen LogP) is -0.737. The molecule has 0 amide bonds. The summed E-state index contributed by atoms with van der Waals surface area (Å²) in [4.78, 5) is 22.3. The number of nitrogens with two attached hydrogens (primary N) is 1. The molecule has 0 unspecified atom stereocenters. The second-order valence-electron chi connectivity index (χ2n) is 4.41. The third-order valence-corrected chi connectivity index (χ3v) is 2.97. The minimum atomic E-state index is -0.144. The second kappa shape index (κ2) is 3.56. The van der Waals surface area contributed by atoms with Gasteiger partial charge in [0, 0.05) is 30.9 Å². The Labute approximate surface area is 97.3 Å². The lowest BCUT2D eigenvalue weighted by Crippen LogP contribution is -2.27. The summed E-state index contributed by atoms with van der Waals surface area (Å²) in [5.41, 5.74) is 6.37. The molecular weight excluding hydrogens is 220 g/mol. The number of hydrogen-bond acceptors (Lipinski definition) is 5. The van der Waals surface area contributed by atoms with Gasteiger partial charge in [0.05, 0.1) is 0 Å². The Kier molecular flexibility index (Phi) is 2.15. The fourth-order valence-corrected chi connectivity index (χ4v) is 2.10. The third kappa shape index (κ3) is 1.68. The Morgan fingerprint density at radius 1 is 1.53 bits per heavy atom. The molecule has 1 aliphatic heterocycles. The smallest absolute Gasteiger partial charge is 0.274 e. The van der Waals surface area contributed by atoms with Gasteiger partial charge in [0.1, 0.15) is 0 Å². The zero-order chi connectivity index (χ0) is 12.0.